The fourth-order valence-corrected chi connectivity index (χ4v) is 2.01. The average molecular weight is 245 g/mol. The van der Waals surface area contributed by atoms with Gasteiger partial charge in [-0.1, -0.05) is 12.1 Å². The zero-order valence-corrected chi connectivity index (χ0v) is 9.74. The number of aliphatic hydroxyl groups excluding tert-OH is 1. The molecule has 6 nitrogen and oxygen atoms in total. The third-order valence-electron chi connectivity index (χ3n) is 2.02. The van der Waals surface area contributed by atoms with E-state index < -0.39 is 10.2 Å². The molecule has 0 unspecified atom stereocenters. The van der Waals surface area contributed by atoms with Crippen LogP contribution in [0.3, 0.4) is 0 Å². The highest BCUT2D eigenvalue weighted by molar-refractivity contribution is 7.90. The van der Waals surface area contributed by atoms with Gasteiger partial charge in [0.25, 0.3) is 0 Å². The predicted molar refractivity (Wildman–Crippen MR) is 63.1 cm³/mol. The number of nitrogen functional groups attached to an aromatic ring is 1. The Labute approximate surface area is 94.9 Å². The summed E-state index contributed by atoms with van der Waals surface area (Å²) in [5.41, 5.74) is 6.28. The molecule has 0 fully saturated rings. The van der Waals surface area contributed by atoms with Crippen LogP contribution in [0.25, 0.3) is 0 Å². The van der Waals surface area contributed by atoms with Gasteiger partial charge in [-0.05, 0) is 12.1 Å². The maximum absolute atomic E-state index is 11.7. The van der Waals surface area contributed by atoms with Gasteiger partial charge >= 0.3 is 10.2 Å². The minimum absolute atomic E-state index is 0.0298. The number of likely N-dealkylation sites (N-methyl/N-ethyl adjacent to an activating group) is 1. The van der Waals surface area contributed by atoms with Gasteiger partial charge in [-0.2, -0.15) is 12.7 Å². The van der Waals surface area contributed by atoms with Crippen LogP contribution >= 0.6 is 0 Å². The van der Waals surface area contributed by atoms with Crippen LogP contribution in [-0.2, 0) is 10.2 Å². The monoisotopic (exact) mass is 245 g/mol. The van der Waals surface area contributed by atoms with Gasteiger partial charge in [-0.25, -0.2) is 0 Å². The third kappa shape index (κ3) is 3.09. The van der Waals surface area contributed by atoms with Crippen LogP contribution in [0.2, 0.25) is 0 Å². The molecule has 7 heteroatoms. The molecule has 0 amide bonds. The molecule has 0 radical (unpaired) electrons. The number of rotatable bonds is 5. The van der Waals surface area contributed by atoms with Gasteiger partial charge in [0.15, 0.2) is 0 Å². The number of anilines is 2. The van der Waals surface area contributed by atoms with Crippen molar-refractivity contribution < 1.29 is 13.5 Å². The van der Waals surface area contributed by atoms with E-state index in [1.807, 2.05) is 0 Å². The summed E-state index contributed by atoms with van der Waals surface area (Å²) in [6, 6.07) is 6.56. The van der Waals surface area contributed by atoms with Gasteiger partial charge in [0, 0.05) is 13.6 Å². The Kier molecular flexibility index (Phi) is 4.11. The van der Waals surface area contributed by atoms with E-state index in [0.29, 0.717) is 11.4 Å². The van der Waals surface area contributed by atoms with E-state index in [4.69, 9.17) is 10.8 Å². The van der Waals surface area contributed by atoms with Crippen LogP contribution in [0.4, 0.5) is 11.4 Å². The molecule has 16 heavy (non-hydrogen) atoms. The zero-order chi connectivity index (χ0) is 12.2. The van der Waals surface area contributed by atoms with E-state index in [1.54, 1.807) is 24.3 Å². The highest BCUT2D eigenvalue weighted by Gasteiger charge is 2.17. The third-order valence-corrected chi connectivity index (χ3v) is 3.51. The van der Waals surface area contributed by atoms with E-state index in [0.717, 1.165) is 4.31 Å². The number of para-hydroxylation sites is 2. The fourth-order valence-electron chi connectivity index (χ4n) is 1.07. The first-order valence-electron chi connectivity index (χ1n) is 4.67. The molecule has 0 aliphatic heterocycles. The summed E-state index contributed by atoms with van der Waals surface area (Å²) in [4.78, 5) is 0. The lowest BCUT2D eigenvalue weighted by atomic mass is 10.3. The second kappa shape index (κ2) is 5.15. The highest BCUT2D eigenvalue weighted by atomic mass is 32.2. The van der Waals surface area contributed by atoms with E-state index in [-0.39, 0.29) is 13.2 Å². The molecule has 0 saturated carbocycles. The van der Waals surface area contributed by atoms with Crippen LogP contribution in [-0.4, -0.2) is 38.0 Å². The van der Waals surface area contributed by atoms with E-state index in [9.17, 15) is 8.42 Å². The summed E-state index contributed by atoms with van der Waals surface area (Å²) < 4.78 is 26.7. The second-order valence-corrected chi connectivity index (χ2v) is 5.02. The van der Waals surface area contributed by atoms with Gasteiger partial charge in [0.1, 0.15) is 0 Å². The first-order valence-corrected chi connectivity index (χ1v) is 6.11. The first kappa shape index (κ1) is 12.8. The Morgan fingerprint density at radius 2 is 2.06 bits per heavy atom. The number of nitrogens with two attached hydrogens (primary N) is 1. The number of aliphatic hydroxyl groups is 1. The van der Waals surface area contributed by atoms with Crippen LogP contribution in [0.1, 0.15) is 0 Å². The Morgan fingerprint density at radius 1 is 1.44 bits per heavy atom. The molecule has 0 aliphatic rings. The number of nitrogens with one attached hydrogen (secondary N) is 1. The molecule has 90 valence electrons. The van der Waals surface area contributed by atoms with Crippen molar-refractivity contribution >= 4 is 21.6 Å². The maximum Gasteiger partial charge on any atom is 0.301 e. The lowest BCUT2D eigenvalue weighted by Crippen LogP contribution is -2.34. The molecule has 0 saturated heterocycles. The average Bonchev–Trinajstić information content (AvgIpc) is 2.21. The minimum atomic E-state index is -3.65. The molecule has 4 N–H and O–H groups in total. The lowest BCUT2D eigenvalue weighted by Gasteiger charge is -2.17. The predicted octanol–water partition coefficient (Wildman–Crippen LogP) is -0.150. The SMILES string of the molecule is CN(CCO)S(=O)(=O)Nc1ccccc1N. The van der Waals surface area contributed by atoms with Crippen LogP contribution < -0.4 is 10.5 Å². The number of hydrogen-bond donors (Lipinski definition) is 3. The molecule has 0 spiro atoms. The summed E-state index contributed by atoms with van der Waals surface area (Å²) in [6.07, 6.45) is 0. The quantitative estimate of drug-likeness (QED) is 0.629. The lowest BCUT2D eigenvalue weighted by molar-refractivity contribution is 0.267. The number of benzene rings is 1. The van der Waals surface area contributed by atoms with Crippen LogP contribution in [0.5, 0.6) is 0 Å². The topological polar surface area (TPSA) is 95.7 Å². The Morgan fingerprint density at radius 3 is 2.62 bits per heavy atom. The molecular formula is C9H15N3O3S. The zero-order valence-electron chi connectivity index (χ0n) is 8.92. The van der Waals surface area contributed by atoms with Crippen molar-refractivity contribution in [1.29, 1.82) is 0 Å². The molecule has 1 aromatic carbocycles. The second-order valence-electron chi connectivity index (χ2n) is 3.24. The van der Waals surface area contributed by atoms with Crippen molar-refractivity contribution in [1.82, 2.24) is 4.31 Å². The van der Waals surface area contributed by atoms with Gasteiger partial charge in [-0.3, -0.25) is 4.72 Å². The van der Waals surface area contributed by atoms with Crippen molar-refractivity contribution in [3.05, 3.63) is 24.3 Å². The van der Waals surface area contributed by atoms with Gasteiger partial charge in [0.2, 0.25) is 0 Å². The molecule has 1 aromatic rings. The molecule has 0 atom stereocenters. The van der Waals surface area contributed by atoms with Gasteiger partial charge in [-0.15, -0.1) is 0 Å². The number of hydrogen-bond acceptors (Lipinski definition) is 4. The van der Waals surface area contributed by atoms with E-state index in [1.165, 1.54) is 7.05 Å². The summed E-state index contributed by atoms with van der Waals surface area (Å²) in [5.74, 6) is 0. The highest BCUT2D eigenvalue weighted by Crippen LogP contribution is 2.18. The smallest absolute Gasteiger partial charge is 0.301 e. The van der Waals surface area contributed by atoms with Crippen LogP contribution in [0, 0.1) is 0 Å². The number of nitrogens with zero attached hydrogens (tertiary/aromatic N) is 1. The van der Waals surface area contributed by atoms with Crippen molar-refractivity contribution in [3.63, 3.8) is 0 Å². The summed E-state index contributed by atoms with van der Waals surface area (Å²) >= 11 is 0. The van der Waals surface area contributed by atoms with Gasteiger partial charge in [0.05, 0.1) is 18.0 Å². The largest absolute Gasteiger partial charge is 0.397 e. The Balaban J connectivity index is 2.85. The van der Waals surface area contributed by atoms with Crippen molar-refractivity contribution in [2.24, 2.45) is 0 Å². The summed E-state index contributed by atoms with van der Waals surface area (Å²) in [6.45, 7) is -0.205. The molecule has 0 heterocycles. The maximum atomic E-state index is 11.7. The molecule has 0 aromatic heterocycles. The van der Waals surface area contributed by atoms with Crippen molar-refractivity contribution in [2.75, 3.05) is 30.7 Å². The first-order chi connectivity index (χ1) is 7.47. The molecular weight excluding hydrogens is 230 g/mol. The minimum Gasteiger partial charge on any atom is -0.397 e. The van der Waals surface area contributed by atoms with Crippen molar-refractivity contribution in [3.8, 4) is 0 Å². The van der Waals surface area contributed by atoms with E-state index in [2.05, 4.69) is 4.72 Å². The van der Waals surface area contributed by atoms with Crippen LogP contribution in [0.15, 0.2) is 24.3 Å². The standard InChI is InChI=1S/C9H15N3O3S/c1-12(6-7-13)16(14,15)11-9-5-3-2-4-8(9)10/h2-5,11,13H,6-7,10H2,1H3. The summed E-state index contributed by atoms with van der Waals surface area (Å²) in [5, 5.41) is 8.66. The normalized spacial score (nSPS) is 11.7. The van der Waals surface area contributed by atoms with E-state index >= 15 is 0 Å². The van der Waals surface area contributed by atoms with Crippen molar-refractivity contribution in [2.45, 2.75) is 0 Å². The molecule has 1 rings (SSSR count). The fraction of sp³-hybridized carbons (Fsp3) is 0.333. The Hall–Kier alpha value is -1.31. The molecule has 0 bridgehead atoms. The van der Waals surface area contributed by atoms with Gasteiger partial charge < -0.3 is 10.8 Å². The summed E-state index contributed by atoms with van der Waals surface area (Å²) in [7, 11) is -2.28. The molecule has 0 aliphatic carbocycles. The Bertz CT molecular complexity index is 447.